The van der Waals surface area contributed by atoms with Crippen LogP contribution in [0.3, 0.4) is 0 Å². The van der Waals surface area contributed by atoms with Gasteiger partial charge >= 0.3 is 13.5 Å². The number of aromatic nitrogens is 2. The molecule has 0 aliphatic rings. The summed E-state index contributed by atoms with van der Waals surface area (Å²) in [5.41, 5.74) is -1.30. The average Bonchev–Trinajstić information content (AvgIpc) is 2.56. The molecule has 0 spiro atoms. The normalized spacial score (nSPS) is 16.9. The maximum atomic E-state index is 12.0. The van der Waals surface area contributed by atoms with Gasteiger partial charge in [-0.1, -0.05) is 6.08 Å². The average molecular weight is 426 g/mol. The van der Waals surface area contributed by atoms with Crippen LogP contribution in [-0.4, -0.2) is 61.3 Å². The molecule has 0 amide bonds. The van der Waals surface area contributed by atoms with E-state index in [1.165, 1.54) is 38.5 Å². The first-order valence-electron chi connectivity index (χ1n) is 7.70. The van der Waals surface area contributed by atoms with Gasteiger partial charge in [-0.2, -0.15) is 0 Å². The first-order chi connectivity index (χ1) is 12.5. The maximum Gasteiger partial charge on any atom is 0.472 e. The Bertz CT molecular complexity index is 841. The number of nitrogens with one attached hydrogen (secondary N) is 1. The lowest BCUT2D eigenvalue weighted by Crippen LogP contribution is -2.36. The van der Waals surface area contributed by atoms with Crippen molar-refractivity contribution in [2.24, 2.45) is 0 Å². The molecule has 0 aliphatic carbocycles. The summed E-state index contributed by atoms with van der Waals surface area (Å²) >= 11 is 0. The van der Waals surface area contributed by atoms with Crippen LogP contribution in [0, 0.1) is 0 Å². The molecule has 0 radical (unpaired) electrons. The highest BCUT2D eigenvalue weighted by Gasteiger charge is 2.24. The van der Waals surface area contributed by atoms with Crippen LogP contribution in [0.25, 0.3) is 0 Å². The number of hydrogen-bond donors (Lipinski definition) is 2. The number of hydrogen-bond acceptors (Lipinski definition) is 8. The zero-order chi connectivity index (χ0) is 20.7. The van der Waals surface area contributed by atoms with E-state index in [0.29, 0.717) is 0 Å². The number of nitrogens with zero attached hydrogens (tertiary/aromatic N) is 1. The zero-order valence-electron chi connectivity index (χ0n) is 15.4. The SMILES string of the molecule is COC[C@@H](O[C@H](/C=C/P(C)(C)=O)COP(=O)(O)OC)n1ccc(=O)[nH]c1=O. The van der Waals surface area contributed by atoms with Crippen molar-refractivity contribution < 1.29 is 32.5 Å². The minimum atomic E-state index is -4.27. The number of H-pyrrole nitrogens is 1. The molecule has 0 saturated carbocycles. The first-order valence-corrected chi connectivity index (χ1v) is 11.9. The third-order valence-corrected chi connectivity index (χ3v) is 4.92. The summed E-state index contributed by atoms with van der Waals surface area (Å²) in [6, 6.07) is 1.13. The van der Waals surface area contributed by atoms with Crippen molar-refractivity contribution in [2.75, 3.05) is 40.8 Å². The highest BCUT2D eigenvalue weighted by atomic mass is 31.2. The van der Waals surface area contributed by atoms with Gasteiger partial charge in [-0.3, -0.25) is 23.4 Å². The molecule has 1 aromatic rings. The van der Waals surface area contributed by atoms with Gasteiger partial charge in [0.15, 0.2) is 6.23 Å². The van der Waals surface area contributed by atoms with E-state index in [4.69, 9.17) is 14.0 Å². The lowest BCUT2D eigenvalue weighted by atomic mass is 10.3. The van der Waals surface area contributed by atoms with Gasteiger partial charge in [-0.15, -0.1) is 0 Å². The predicted octanol–water partition coefficient (Wildman–Crippen LogP) is 0.967. The van der Waals surface area contributed by atoms with E-state index in [-0.39, 0.29) is 6.61 Å². The van der Waals surface area contributed by atoms with Gasteiger partial charge in [0.2, 0.25) is 0 Å². The molecule has 13 heteroatoms. The van der Waals surface area contributed by atoms with Gasteiger partial charge in [-0.05, 0) is 19.1 Å². The van der Waals surface area contributed by atoms with Crippen LogP contribution < -0.4 is 11.2 Å². The van der Waals surface area contributed by atoms with Gasteiger partial charge < -0.3 is 18.9 Å². The van der Waals surface area contributed by atoms with Crippen LogP contribution in [0.2, 0.25) is 0 Å². The molecule has 0 saturated heterocycles. The van der Waals surface area contributed by atoms with Crippen molar-refractivity contribution in [3.05, 3.63) is 45.0 Å². The van der Waals surface area contributed by atoms with Crippen LogP contribution in [0.5, 0.6) is 0 Å². The van der Waals surface area contributed by atoms with E-state index in [1.807, 2.05) is 0 Å². The fourth-order valence-electron chi connectivity index (χ4n) is 1.85. The van der Waals surface area contributed by atoms with Gasteiger partial charge in [0.05, 0.1) is 13.2 Å². The molecule has 1 aromatic heterocycles. The summed E-state index contributed by atoms with van der Waals surface area (Å²) in [7, 11) is -4.44. The zero-order valence-corrected chi connectivity index (χ0v) is 17.2. The Morgan fingerprint density at radius 3 is 2.44 bits per heavy atom. The maximum absolute atomic E-state index is 12.0. The molecule has 0 aromatic carbocycles. The van der Waals surface area contributed by atoms with E-state index in [2.05, 4.69) is 9.51 Å². The van der Waals surface area contributed by atoms with Gasteiger partial charge in [0, 0.05) is 26.5 Å². The fraction of sp³-hybridized carbons (Fsp3) is 0.571. The molecule has 1 rings (SSSR count). The van der Waals surface area contributed by atoms with Gasteiger partial charge in [0.25, 0.3) is 5.56 Å². The van der Waals surface area contributed by atoms with E-state index in [0.717, 1.165) is 17.7 Å². The molecular weight excluding hydrogens is 402 g/mol. The minimum absolute atomic E-state index is 0.0761. The summed E-state index contributed by atoms with van der Waals surface area (Å²) in [5, 5.41) is 0. The number of aromatic amines is 1. The number of methoxy groups -OCH3 is 1. The number of phosphoric acid groups is 1. The second kappa shape index (κ2) is 10.3. The third-order valence-electron chi connectivity index (χ3n) is 3.09. The highest BCUT2D eigenvalue weighted by molar-refractivity contribution is 7.65. The summed E-state index contributed by atoms with van der Waals surface area (Å²) < 4.78 is 44.4. The summed E-state index contributed by atoms with van der Waals surface area (Å²) in [6.45, 7) is 2.54. The number of phosphoric ester groups is 1. The minimum Gasteiger partial charge on any atom is -0.380 e. The smallest absolute Gasteiger partial charge is 0.380 e. The van der Waals surface area contributed by atoms with Crippen LogP contribution in [0.15, 0.2) is 33.7 Å². The Kier molecular flexibility index (Phi) is 9.04. The first kappa shape index (κ1) is 23.7. The van der Waals surface area contributed by atoms with E-state index in [9.17, 15) is 23.6 Å². The molecule has 11 nitrogen and oxygen atoms in total. The van der Waals surface area contributed by atoms with Crippen LogP contribution in [0.4, 0.5) is 0 Å². The van der Waals surface area contributed by atoms with Crippen molar-refractivity contribution in [3.8, 4) is 0 Å². The van der Waals surface area contributed by atoms with Gasteiger partial charge in [-0.25, -0.2) is 9.36 Å². The van der Waals surface area contributed by atoms with Crippen molar-refractivity contribution in [1.82, 2.24) is 9.55 Å². The molecule has 0 bridgehead atoms. The summed E-state index contributed by atoms with van der Waals surface area (Å²) in [5.74, 6) is 1.40. The van der Waals surface area contributed by atoms with E-state index >= 15 is 0 Å². The monoisotopic (exact) mass is 426 g/mol. The summed E-state index contributed by atoms with van der Waals surface area (Å²) in [6.07, 6.45) is 0.665. The quantitative estimate of drug-likeness (QED) is 0.494. The van der Waals surface area contributed by atoms with Crippen molar-refractivity contribution in [1.29, 1.82) is 0 Å². The Hall–Kier alpha value is -1.32. The summed E-state index contributed by atoms with van der Waals surface area (Å²) in [4.78, 5) is 34.7. The molecule has 3 atom stereocenters. The van der Waals surface area contributed by atoms with E-state index in [1.54, 1.807) is 0 Å². The number of ether oxygens (including phenoxy) is 2. The molecule has 2 N–H and O–H groups in total. The van der Waals surface area contributed by atoms with Gasteiger partial charge in [0.1, 0.15) is 13.2 Å². The Balaban J connectivity index is 3.11. The predicted molar refractivity (Wildman–Crippen MR) is 98.5 cm³/mol. The fourth-order valence-corrected chi connectivity index (χ4v) is 2.89. The van der Waals surface area contributed by atoms with Crippen LogP contribution >= 0.6 is 15.0 Å². The Labute approximate surface area is 155 Å². The molecule has 27 heavy (non-hydrogen) atoms. The molecule has 1 unspecified atom stereocenters. The largest absolute Gasteiger partial charge is 0.472 e. The lowest BCUT2D eigenvalue weighted by Gasteiger charge is -2.24. The molecule has 0 aliphatic heterocycles. The highest BCUT2D eigenvalue weighted by Crippen LogP contribution is 2.42. The molecule has 0 fully saturated rings. The van der Waals surface area contributed by atoms with Crippen LogP contribution in [-0.2, 0) is 27.7 Å². The Morgan fingerprint density at radius 2 is 1.93 bits per heavy atom. The third kappa shape index (κ3) is 8.94. The molecular formula is C14H24N2O9P2. The second-order valence-corrected chi connectivity index (χ2v) is 10.6. The van der Waals surface area contributed by atoms with E-state index < -0.39 is 45.2 Å². The second-order valence-electron chi connectivity index (χ2n) is 5.82. The topological polar surface area (TPSA) is 146 Å². The lowest BCUT2D eigenvalue weighted by molar-refractivity contribution is -0.0868. The van der Waals surface area contributed by atoms with Crippen molar-refractivity contribution in [3.63, 3.8) is 0 Å². The van der Waals surface area contributed by atoms with Crippen molar-refractivity contribution in [2.45, 2.75) is 12.3 Å². The molecule has 154 valence electrons. The number of rotatable bonds is 11. The molecule has 1 heterocycles. The van der Waals surface area contributed by atoms with Crippen molar-refractivity contribution >= 4 is 15.0 Å². The van der Waals surface area contributed by atoms with Crippen LogP contribution in [0.1, 0.15) is 6.23 Å². The Morgan fingerprint density at radius 1 is 1.26 bits per heavy atom. The standard InChI is InChI=1S/C14H24N2O9P2/c1-22-10-13(16-7-5-12(17)15-14(16)18)25-11(6-8-26(3,4)19)9-24-27(20,21)23-2/h5-8,11,13H,9-10H2,1-4H3,(H,20,21)(H,15,17,18)/b8-6+/t11-,13-/m1/s1.